The zero-order valence-corrected chi connectivity index (χ0v) is 11.7. The summed E-state index contributed by atoms with van der Waals surface area (Å²) in [6.07, 6.45) is 2.18. The van der Waals surface area contributed by atoms with Gasteiger partial charge in [0.2, 0.25) is 0 Å². The normalized spacial score (nSPS) is 22.7. The molecule has 1 amide bonds. The van der Waals surface area contributed by atoms with Crippen LogP contribution in [-0.2, 0) is 4.74 Å². The molecule has 0 atom stereocenters. The van der Waals surface area contributed by atoms with Gasteiger partial charge < -0.3 is 20.3 Å². The highest BCUT2D eigenvalue weighted by Gasteiger charge is 2.34. The monoisotopic (exact) mass is 255 g/mol. The molecule has 0 radical (unpaired) electrons. The molecule has 0 bridgehead atoms. The first-order valence-electron chi connectivity index (χ1n) is 6.89. The lowest BCUT2D eigenvalue weighted by atomic mass is 10.0. The van der Waals surface area contributed by atoms with Crippen LogP contribution in [0.25, 0.3) is 0 Å². The molecule has 2 heterocycles. The third-order valence-electron chi connectivity index (χ3n) is 3.34. The lowest BCUT2D eigenvalue weighted by Gasteiger charge is -2.42. The van der Waals surface area contributed by atoms with Crippen molar-refractivity contribution >= 4 is 6.09 Å². The van der Waals surface area contributed by atoms with Gasteiger partial charge in [0.25, 0.3) is 0 Å². The fourth-order valence-electron chi connectivity index (χ4n) is 2.38. The third-order valence-corrected chi connectivity index (χ3v) is 3.34. The van der Waals surface area contributed by atoms with E-state index in [4.69, 9.17) is 4.74 Å². The Labute approximate surface area is 109 Å². The van der Waals surface area contributed by atoms with Gasteiger partial charge in [-0.1, -0.05) is 0 Å². The van der Waals surface area contributed by atoms with Crippen molar-refractivity contribution in [3.8, 4) is 0 Å². The molecular formula is C13H25N3O2. The van der Waals surface area contributed by atoms with E-state index in [-0.39, 0.29) is 6.09 Å². The molecule has 0 aromatic rings. The zero-order chi connectivity index (χ0) is 13.2. The Kier molecular flexibility index (Phi) is 4.12. The van der Waals surface area contributed by atoms with Gasteiger partial charge >= 0.3 is 6.09 Å². The summed E-state index contributed by atoms with van der Waals surface area (Å²) < 4.78 is 5.33. The van der Waals surface area contributed by atoms with Crippen LogP contribution in [0.15, 0.2) is 0 Å². The Hall–Kier alpha value is -0.810. The first-order chi connectivity index (χ1) is 8.44. The van der Waals surface area contributed by atoms with E-state index < -0.39 is 5.60 Å². The van der Waals surface area contributed by atoms with Gasteiger partial charge in [-0.25, -0.2) is 4.79 Å². The van der Waals surface area contributed by atoms with Gasteiger partial charge in [-0.05, 0) is 46.7 Å². The fourth-order valence-corrected chi connectivity index (χ4v) is 2.38. The second kappa shape index (κ2) is 5.45. The van der Waals surface area contributed by atoms with Crippen molar-refractivity contribution in [2.24, 2.45) is 0 Å². The molecule has 5 heteroatoms. The summed E-state index contributed by atoms with van der Waals surface area (Å²) in [4.78, 5) is 13.5. The molecule has 0 aromatic carbocycles. The van der Waals surface area contributed by atoms with Gasteiger partial charge in [0, 0.05) is 25.2 Å². The molecule has 2 fully saturated rings. The van der Waals surface area contributed by atoms with Gasteiger partial charge in [0.15, 0.2) is 0 Å². The van der Waals surface area contributed by atoms with E-state index in [2.05, 4.69) is 10.6 Å². The number of nitrogens with one attached hydrogen (secondary N) is 2. The molecule has 2 rings (SSSR count). The highest BCUT2D eigenvalue weighted by molar-refractivity contribution is 5.69. The van der Waals surface area contributed by atoms with Crippen molar-refractivity contribution in [3.63, 3.8) is 0 Å². The molecule has 2 N–H and O–H groups in total. The lowest BCUT2D eigenvalue weighted by Crippen LogP contribution is -2.63. The highest BCUT2D eigenvalue weighted by atomic mass is 16.6. The van der Waals surface area contributed by atoms with Crippen LogP contribution >= 0.6 is 0 Å². The Bertz CT molecular complexity index is 289. The van der Waals surface area contributed by atoms with Crippen molar-refractivity contribution in [1.82, 2.24) is 15.5 Å². The predicted molar refractivity (Wildman–Crippen MR) is 70.6 cm³/mol. The molecule has 2 aliphatic rings. The summed E-state index contributed by atoms with van der Waals surface area (Å²) in [5, 5.41) is 6.97. The fraction of sp³-hybridized carbons (Fsp3) is 0.923. The van der Waals surface area contributed by atoms with Crippen molar-refractivity contribution in [2.45, 2.75) is 51.3 Å². The van der Waals surface area contributed by atoms with Gasteiger partial charge in [-0.3, -0.25) is 0 Å². The number of amides is 1. The Morgan fingerprint density at radius 3 is 2.39 bits per heavy atom. The van der Waals surface area contributed by atoms with Crippen molar-refractivity contribution in [2.75, 3.05) is 26.2 Å². The van der Waals surface area contributed by atoms with E-state index >= 15 is 0 Å². The average molecular weight is 255 g/mol. The van der Waals surface area contributed by atoms with E-state index in [1.54, 1.807) is 4.90 Å². The van der Waals surface area contributed by atoms with Crippen molar-refractivity contribution < 1.29 is 9.53 Å². The smallest absolute Gasteiger partial charge is 0.410 e. The molecule has 5 nitrogen and oxygen atoms in total. The molecule has 2 aliphatic heterocycles. The van der Waals surface area contributed by atoms with E-state index in [9.17, 15) is 4.79 Å². The second-order valence-electron chi connectivity index (χ2n) is 6.27. The minimum absolute atomic E-state index is 0.189. The van der Waals surface area contributed by atoms with E-state index in [1.165, 1.54) is 12.8 Å². The van der Waals surface area contributed by atoms with E-state index in [0.717, 1.165) is 26.2 Å². The van der Waals surface area contributed by atoms with Crippen LogP contribution in [0.2, 0.25) is 0 Å². The maximum Gasteiger partial charge on any atom is 0.410 e. The Morgan fingerprint density at radius 1 is 1.22 bits per heavy atom. The summed E-state index contributed by atoms with van der Waals surface area (Å²) in [5.41, 5.74) is -0.398. The maximum atomic E-state index is 11.7. The standard InChI is InChI=1S/C13H25N3O2/c1-13(2,3)18-12(17)16-8-11(9-16)15-10-4-6-14-7-5-10/h10-11,14-15H,4-9H2,1-3H3. The summed E-state index contributed by atoms with van der Waals surface area (Å²) in [6, 6.07) is 1.05. The number of carbonyl (C=O) groups is 1. The van der Waals surface area contributed by atoms with Crippen LogP contribution in [0, 0.1) is 0 Å². The van der Waals surface area contributed by atoms with E-state index in [0.29, 0.717) is 12.1 Å². The van der Waals surface area contributed by atoms with E-state index in [1.807, 2.05) is 20.8 Å². The Balaban J connectivity index is 1.65. The number of nitrogens with zero attached hydrogens (tertiary/aromatic N) is 1. The average Bonchev–Trinajstić information content (AvgIpc) is 2.21. The van der Waals surface area contributed by atoms with Crippen LogP contribution < -0.4 is 10.6 Å². The zero-order valence-electron chi connectivity index (χ0n) is 11.7. The summed E-state index contributed by atoms with van der Waals surface area (Å²) >= 11 is 0. The minimum atomic E-state index is -0.398. The van der Waals surface area contributed by atoms with Crippen LogP contribution in [0.1, 0.15) is 33.6 Å². The molecule has 0 unspecified atom stereocenters. The molecule has 0 spiro atoms. The van der Waals surface area contributed by atoms with Crippen molar-refractivity contribution in [3.05, 3.63) is 0 Å². The molecule has 104 valence electrons. The maximum absolute atomic E-state index is 11.7. The Morgan fingerprint density at radius 2 is 1.83 bits per heavy atom. The molecule has 2 saturated heterocycles. The number of rotatable bonds is 2. The quantitative estimate of drug-likeness (QED) is 0.771. The number of hydrogen-bond acceptors (Lipinski definition) is 4. The van der Waals surface area contributed by atoms with Crippen molar-refractivity contribution in [1.29, 1.82) is 0 Å². The lowest BCUT2D eigenvalue weighted by molar-refractivity contribution is 0.00376. The molecule has 0 aliphatic carbocycles. The number of likely N-dealkylation sites (tertiary alicyclic amines) is 1. The van der Waals surface area contributed by atoms with Gasteiger partial charge in [-0.2, -0.15) is 0 Å². The number of hydrogen-bond donors (Lipinski definition) is 2. The summed E-state index contributed by atoms with van der Waals surface area (Å²) in [6.45, 7) is 9.44. The predicted octanol–water partition coefficient (Wildman–Crippen LogP) is 0.947. The molecule has 18 heavy (non-hydrogen) atoms. The topological polar surface area (TPSA) is 53.6 Å². The number of ether oxygens (including phenoxy) is 1. The minimum Gasteiger partial charge on any atom is -0.444 e. The van der Waals surface area contributed by atoms with Gasteiger partial charge in [0.05, 0.1) is 0 Å². The first-order valence-corrected chi connectivity index (χ1v) is 6.89. The number of piperidine rings is 1. The van der Waals surface area contributed by atoms with Crippen LogP contribution in [0.3, 0.4) is 0 Å². The van der Waals surface area contributed by atoms with Crippen LogP contribution in [0.5, 0.6) is 0 Å². The van der Waals surface area contributed by atoms with Crippen LogP contribution in [-0.4, -0.2) is 54.9 Å². The molecule has 0 aromatic heterocycles. The molecule has 0 saturated carbocycles. The first kappa shape index (κ1) is 13.6. The second-order valence-corrected chi connectivity index (χ2v) is 6.27. The van der Waals surface area contributed by atoms with Gasteiger partial charge in [-0.15, -0.1) is 0 Å². The van der Waals surface area contributed by atoms with Crippen LogP contribution in [0.4, 0.5) is 4.79 Å². The summed E-state index contributed by atoms with van der Waals surface area (Å²) in [7, 11) is 0. The highest BCUT2D eigenvalue weighted by Crippen LogP contribution is 2.16. The number of carbonyl (C=O) groups excluding carboxylic acids is 1. The third kappa shape index (κ3) is 3.85. The molecular weight excluding hydrogens is 230 g/mol. The SMILES string of the molecule is CC(C)(C)OC(=O)N1CC(NC2CCNCC2)C1. The van der Waals surface area contributed by atoms with Gasteiger partial charge in [0.1, 0.15) is 5.60 Å². The largest absolute Gasteiger partial charge is 0.444 e. The summed E-state index contributed by atoms with van der Waals surface area (Å²) in [5.74, 6) is 0.